The van der Waals surface area contributed by atoms with Gasteiger partial charge in [-0.1, -0.05) is 6.92 Å². The number of nitrogens with one attached hydrogen (secondary N) is 2. The van der Waals surface area contributed by atoms with E-state index in [-0.39, 0.29) is 12.5 Å². The van der Waals surface area contributed by atoms with Gasteiger partial charge in [0, 0.05) is 18.8 Å². The van der Waals surface area contributed by atoms with E-state index in [0.717, 1.165) is 6.42 Å². The number of morpholine rings is 1. The molecule has 0 aromatic heterocycles. The fourth-order valence-corrected chi connectivity index (χ4v) is 3.29. The van der Waals surface area contributed by atoms with Crippen LogP contribution in [0.15, 0.2) is 47.6 Å². The molecule has 0 aliphatic carbocycles. The summed E-state index contributed by atoms with van der Waals surface area (Å²) in [6.45, 7) is 6.82. The first-order valence-electron chi connectivity index (χ1n) is 12.1. The number of benzene rings is 2. The third-order valence-electron chi connectivity index (χ3n) is 5.15. The lowest BCUT2D eigenvalue weighted by Crippen LogP contribution is -2.43. The number of hydrogen-bond acceptors (Lipinski definition) is 8. The van der Waals surface area contributed by atoms with E-state index in [0.29, 0.717) is 68.0 Å². The van der Waals surface area contributed by atoms with Gasteiger partial charge < -0.3 is 29.2 Å². The number of anilines is 1. The zero-order chi connectivity index (χ0) is 26.5. The van der Waals surface area contributed by atoms with E-state index < -0.39 is 11.8 Å². The summed E-state index contributed by atoms with van der Waals surface area (Å²) in [5.41, 5.74) is 3.25. The van der Waals surface area contributed by atoms with Crippen LogP contribution in [0.5, 0.6) is 17.2 Å². The molecule has 0 bridgehead atoms. The molecule has 2 aromatic rings. The maximum absolute atomic E-state index is 12.3. The molecular weight excluding hydrogens is 480 g/mol. The van der Waals surface area contributed by atoms with Crippen LogP contribution in [0.4, 0.5) is 5.69 Å². The Bertz CT molecular complexity index is 1080. The van der Waals surface area contributed by atoms with Gasteiger partial charge in [-0.2, -0.15) is 5.10 Å². The fraction of sp³-hybridized carbons (Fsp3) is 0.385. The number of hydrogen-bond donors (Lipinski definition) is 2. The highest BCUT2D eigenvalue weighted by Gasteiger charge is 2.18. The van der Waals surface area contributed by atoms with Crippen LogP contribution >= 0.6 is 0 Å². The number of carbonyl (C=O) groups excluding carboxylic acids is 3. The second-order valence-corrected chi connectivity index (χ2v) is 7.95. The maximum atomic E-state index is 12.3. The second-order valence-electron chi connectivity index (χ2n) is 7.95. The fourth-order valence-electron chi connectivity index (χ4n) is 3.29. The standard InChI is InChI=1S/C26H32N4O7/c1-3-13-36-21-8-6-20(7-9-21)28-25(32)26(33)29-27-17-19-5-10-22(23(16-19)35-4-2)37-18-24(31)30-11-14-34-15-12-30/h5-10,16-17H,3-4,11-15,18H2,1-2H3,(H,28,32)(H,29,33)/b27-17-. The number of amides is 3. The van der Waals surface area contributed by atoms with Gasteiger partial charge in [0.25, 0.3) is 5.91 Å². The molecule has 3 amide bonds. The summed E-state index contributed by atoms with van der Waals surface area (Å²) < 4.78 is 22.1. The Kier molecular flexibility index (Phi) is 10.7. The molecule has 1 aliphatic heterocycles. The Morgan fingerprint density at radius 2 is 1.73 bits per heavy atom. The highest BCUT2D eigenvalue weighted by molar-refractivity contribution is 6.39. The van der Waals surface area contributed by atoms with E-state index in [1.54, 1.807) is 47.4 Å². The van der Waals surface area contributed by atoms with Gasteiger partial charge in [-0.3, -0.25) is 14.4 Å². The molecule has 37 heavy (non-hydrogen) atoms. The van der Waals surface area contributed by atoms with E-state index in [1.165, 1.54) is 6.21 Å². The molecule has 2 N–H and O–H groups in total. The lowest BCUT2D eigenvalue weighted by Gasteiger charge is -2.26. The van der Waals surface area contributed by atoms with Crippen molar-refractivity contribution >= 4 is 29.6 Å². The Labute approximate surface area is 215 Å². The third-order valence-corrected chi connectivity index (χ3v) is 5.15. The molecule has 11 heteroatoms. The molecule has 1 saturated heterocycles. The Hall–Kier alpha value is -4.12. The highest BCUT2D eigenvalue weighted by Crippen LogP contribution is 2.28. The minimum absolute atomic E-state index is 0.118. The van der Waals surface area contributed by atoms with Crippen LogP contribution in [-0.4, -0.2) is 75.0 Å². The van der Waals surface area contributed by atoms with Crippen LogP contribution in [0.1, 0.15) is 25.8 Å². The molecule has 2 aromatic carbocycles. The quantitative estimate of drug-likeness (QED) is 0.268. The van der Waals surface area contributed by atoms with E-state index >= 15 is 0 Å². The van der Waals surface area contributed by atoms with Crippen molar-refractivity contribution < 1.29 is 33.3 Å². The molecular formula is C26H32N4O7. The van der Waals surface area contributed by atoms with Gasteiger partial charge in [-0.05, 0) is 61.4 Å². The lowest BCUT2D eigenvalue weighted by molar-refractivity contribution is -0.137. The van der Waals surface area contributed by atoms with Crippen LogP contribution in [0.2, 0.25) is 0 Å². The lowest BCUT2D eigenvalue weighted by atomic mass is 10.2. The summed E-state index contributed by atoms with van der Waals surface area (Å²) in [6.07, 6.45) is 2.26. The van der Waals surface area contributed by atoms with Crippen molar-refractivity contribution in [2.24, 2.45) is 5.10 Å². The Morgan fingerprint density at radius 3 is 2.43 bits per heavy atom. The molecule has 0 spiro atoms. The molecule has 0 saturated carbocycles. The number of carbonyl (C=O) groups is 3. The summed E-state index contributed by atoms with van der Waals surface area (Å²) in [7, 11) is 0. The van der Waals surface area contributed by atoms with Gasteiger partial charge in [0.1, 0.15) is 5.75 Å². The van der Waals surface area contributed by atoms with Crippen molar-refractivity contribution in [3.8, 4) is 17.2 Å². The van der Waals surface area contributed by atoms with Gasteiger partial charge >= 0.3 is 11.8 Å². The molecule has 0 radical (unpaired) electrons. The molecule has 198 valence electrons. The van der Waals surface area contributed by atoms with Crippen molar-refractivity contribution in [1.82, 2.24) is 10.3 Å². The number of hydrazone groups is 1. The van der Waals surface area contributed by atoms with Crippen molar-refractivity contribution in [3.05, 3.63) is 48.0 Å². The summed E-state index contributed by atoms with van der Waals surface area (Å²) in [6, 6.07) is 11.7. The molecule has 3 rings (SSSR count). The smallest absolute Gasteiger partial charge is 0.329 e. The van der Waals surface area contributed by atoms with E-state index in [2.05, 4.69) is 15.8 Å². The van der Waals surface area contributed by atoms with Crippen LogP contribution in [0.3, 0.4) is 0 Å². The van der Waals surface area contributed by atoms with Crippen LogP contribution in [0, 0.1) is 0 Å². The first kappa shape index (κ1) is 27.5. The highest BCUT2D eigenvalue weighted by atomic mass is 16.5. The zero-order valence-electron chi connectivity index (χ0n) is 21.0. The van der Waals surface area contributed by atoms with Crippen molar-refractivity contribution in [3.63, 3.8) is 0 Å². The molecule has 1 fully saturated rings. The maximum Gasteiger partial charge on any atom is 0.329 e. The van der Waals surface area contributed by atoms with E-state index in [4.69, 9.17) is 18.9 Å². The van der Waals surface area contributed by atoms with Crippen LogP contribution < -0.4 is 25.0 Å². The largest absolute Gasteiger partial charge is 0.494 e. The van der Waals surface area contributed by atoms with Crippen molar-refractivity contribution in [2.45, 2.75) is 20.3 Å². The van der Waals surface area contributed by atoms with Gasteiger partial charge in [-0.15, -0.1) is 0 Å². The first-order valence-corrected chi connectivity index (χ1v) is 12.1. The Morgan fingerprint density at radius 1 is 0.973 bits per heavy atom. The second kappa shape index (κ2) is 14.4. The molecule has 1 heterocycles. The van der Waals surface area contributed by atoms with Gasteiger partial charge in [0.05, 0.1) is 32.6 Å². The summed E-state index contributed by atoms with van der Waals surface area (Å²) in [5.74, 6) is -0.386. The summed E-state index contributed by atoms with van der Waals surface area (Å²) in [4.78, 5) is 38.3. The van der Waals surface area contributed by atoms with Crippen LogP contribution in [-0.2, 0) is 19.1 Å². The molecule has 0 unspecified atom stereocenters. The average Bonchev–Trinajstić information content (AvgIpc) is 2.92. The number of rotatable bonds is 11. The van der Waals surface area contributed by atoms with E-state index in [9.17, 15) is 14.4 Å². The van der Waals surface area contributed by atoms with Crippen molar-refractivity contribution in [1.29, 1.82) is 0 Å². The van der Waals surface area contributed by atoms with Gasteiger partial charge in [0.2, 0.25) is 0 Å². The normalized spacial score (nSPS) is 13.2. The number of nitrogens with zero attached hydrogens (tertiary/aromatic N) is 2. The zero-order valence-corrected chi connectivity index (χ0v) is 21.0. The third kappa shape index (κ3) is 8.80. The van der Waals surface area contributed by atoms with Crippen LogP contribution in [0.25, 0.3) is 0 Å². The van der Waals surface area contributed by atoms with Gasteiger partial charge in [-0.25, -0.2) is 5.43 Å². The predicted octanol–water partition coefficient (Wildman–Crippen LogP) is 2.20. The predicted molar refractivity (Wildman–Crippen MR) is 137 cm³/mol. The summed E-state index contributed by atoms with van der Waals surface area (Å²) >= 11 is 0. The van der Waals surface area contributed by atoms with Crippen molar-refractivity contribution in [2.75, 3.05) is 51.4 Å². The molecule has 11 nitrogen and oxygen atoms in total. The van der Waals surface area contributed by atoms with E-state index in [1.807, 2.05) is 13.8 Å². The average molecular weight is 513 g/mol. The molecule has 0 atom stereocenters. The van der Waals surface area contributed by atoms with Gasteiger partial charge in [0.15, 0.2) is 18.1 Å². The topological polar surface area (TPSA) is 128 Å². The summed E-state index contributed by atoms with van der Waals surface area (Å²) in [5, 5.41) is 6.34. The molecule has 1 aliphatic rings. The first-order chi connectivity index (χ1) is 18.0. The SMILES string of the molecule is CCCOc1ccc(NC(=O)C(=O)N/N=C\c2ccc(OCC(=O)N3CCOCC3)c(OCC)c2)cc1. The Balaban J connectivity index is 1.51. The minimum atomic E-state index is -0.922. The minimum Gasteiger partial charge on any atom is -0.494 e. The monoisotopic (exact) mass is 512 g/mol. The number of ether oxygens (including phenoxy) is 4.